The average molecular weight is 400 g/mol. The van der Waals surface area contributed by atoms with E-state index in [0.717, 1.165) is 17.9 Å². The molecular formula is C17H19Cl2N3O4. The van der Waals surface area contributed by atoms with Crippen molar-refractivity contribution in [2.45, 2.75) is 38.1 Å². The molecule has 4 amide bonds. The lowest BCUT2D eigenvalue weighted by Crippen LogP contribution is -2.52. The smallest absolute Gasteiger partial charge is 0.344 e. The molecule has 9 heteroatoms. The number of hydrogen-bond donors (Lipinski definition) is 2. The molecule has 1 aliphatic carbocycles. The highest BCUT2D eigenvalue weighted by atomic mass is 35.5. The first-order valence-electron chi connectivity index (χ1n) is 8.34. The van der Waals surface area contributed by atoms with Gasteiger partial charge in [0, 0.05) is 10.0 Å². The van der Waals surface area contributed by atoms with E-state index in [2.05, 4.69) is 17.7 Å². The maximum atomic E-state index is 12.7. The molecule has 1 aromatic carbocycles. The molecule has 1 aromatic rings. The van der Waals surface area contributed by atoms with Crippen LogP contribution in [-0.2, 0) is 9.59 Å². The van der Waals surface area contributed by atoms with Gasteiger partial charge < -0.3 is 10.1 Å². The van der Waals surface area contributed by atoms with Crippen molar-refractivity contribution in [2.75, 3.05) is 6.61 Å². The number of benzene rings is 1. The highest BCUT2D eigenvalue weighted by Gasteiger charge is 2.52. The molecule has 1 aliphatic heterocycles. The van der Waals surface area contributed by atoms with Gasteiger partial charge in [-0.2, -0.15) is 5.01 Å². The summed E-state index contributed by atoms with van der Waals surface area (Å²) >= 11 is 11.7. The number of imide groups is 1. The number of halogens is 2. The van der Waals surface area contributed by atoms with Crippen LogP contribution in [-0.4, -0.2) is 35.0 Å². The predicted octanol–water partition coefficient (Wildman–Crippen LogP) is 2.90. The molecule has 1 saturated heterocycles. The Morgan fingerprint density at radius 2 is 1.88 bits per heavy atom. The van der Waals surface area contributed by atoms with Crippen molar-refractivity contribution in [2.24, 2.45) is 5.92 Å². The molecule has 0 aromatic heterocycles. The summed E-state index contributed by atoms with van der Waals surface area (Å²) in [5.74, 6) is -0.223. The zero-order valence-corrected chi connectivity index (χ0v) is 15.7. The van der Waals surface area contributed by atoms with Gasteiger partial charge in [0.1, 0.15) is 11.3 Å². The minimum Gasteiger partial charge on any atom is -0.484 e. The van der Waals surface area contributed by atoms with Crippen molar-refractivity contribution < 1.29 is 19.1 Å². The van der Waals surface area contributed by atoms with Crippen molar-refractivity contribution in [3.63, 3.8) is 0 Å². The maximum absolute atomic E-state index is 12.7. The quantitative estimate of drug-likeness (QED) is 0.761. The number of nitrogens with one attached hydrogen (secondary N) is 2. The summed E-state index contributed by atoms with van der Waals surface area (Å²) in [5.41, 5.74) is 1.40. The molecule has 3 rings (SSSR count). The summed E-state index contributed by atoms with van der Waals surface area (Å²) in [6.07, 6.45) is 2.85. The zero-order chi connectivity index (χ0) is 18.9. The third kappa shape index (κ3) is 3.88. The highest BCUT2D eigenvalue weighted by Crippen LogP contribution is 2.35. The van der Waals surface area contributed by atoms with Gasteiger partial charge in [0.05, 0.1) is 0 Å². The zero-order valence-electron chi connectivity index (χ0n) is 14.2. The normalized spacial score (nSPS) is 25.3. The topological polar surface area (TPSA) is 87.7 Å². The van der Waals surface area contributed by atoms with Gasteiger partial charge in [-0.3, -0.25) is 15.0 Å². The SMILES string of the molecule is CC1CCC2(CC1)NC(=O)N(NC(=O)COc1cc(Cl)cc(Cl)c1)C2=O. The van der Waals surface area contributed by atoms with Crippen LogP contribution in [0.2, 0.25) is 10.0 Å². The lowest BCUT2D eigenvalue weighted by atomic mass is 9.77. The van der Waals surface area contributed by atoms with Crippen LogP contribution in [0.1, 0.15) is 32.6 Å². The third-order valence-corrected chi connectivity index (χ3v) is 5.17. The first-order valence-corrected chi connectivity index (χ1v) is 9.10. The summed E-state index contributed by atoms with van der Waals surface area (Å²) < 4.78 is 5.31. The van der Waals surface area contributed by atoms with E-state index < -0.39 is 30.0 Å². The first kappa shape index (κ1) is 18.8. The van der Waals surface area contributed by atoms with E-state index in [0.29, 0.717) is 34.6 Å². The van der Waals surface area contributed by atoms with E-state index in [4.69, 9.17) is 27.9 Å². The molecule has 1 heterocycles. The van der Waals surface area contributed by atoms with E-state index in [9.17, 15) is 14.4 Å². The van der Waals surface area contributed by atoms with Crippen LogP contribution >= 0.6 is 23.2 Å². The molecule has 0 bridgehead atoms. The maximum Gasteiger partial charge on any atom is 0.344 e. The fraction of sp³-hybridized carbons (Fsp3) is 0.471. The minimum absolute atomic E-state index is 0.313. The molecule has 2 N–H and O–H groups in total. The number of amides is 4. The number of ether oxygens (including phenoxy) is 1. The standard InChI is InChI=1S/C17H19Cl2N3O4/c1-10-2-4-17(5-3-10)15(24)22(16(25)20-17)21-14(23)9-26-13-7-11(18)6-12(19)8-13/h6-8,10H,2-5,9H2,1H3,(H,20,25)(H,21,23). The Hall–Kier alpha value is -1.99. The van der Waals surface area contributed by atoms with Crippen LogP contribution in [0, 0.1) is 5.92 Å². The molecule has 2 aliphatic rings. The summed E-state index contributed by atoms with van der Waals surface area (Å²) in [6.45, 7) is 1.73. The fourth-order valence-electron chi connectivity index (χ4n) is 3.23. The van der Waals surface area contributed by atoms with Crippen molar-refractivity contribution in [3.05, 3.63) is 28.2 Å². The summed E-state index contributed by atoms with van der Waals surface area (Å²) in [5, 5.41) is 4.22. The third-order valence-electron chi connectivity index (χ3n) is 4.73. The second-order valence-corrected chi connectivity index (χ2v) is 7.64. The summed E-state index contributed by atoms with van der Waals surface area (Å²) in [7, 11) is 0. The van der Waals surface area contributed by atoms with Gasteiger partial charge >= 0.3 is 6.03 Å². The monoisotopic (exact) mass is 399 g/mol. The molecule has 0 unspecified atom stereocenters. The Morgan fingerprint density at radius 3 is 2.50 bits per heavy atom. The number of hydrogen-bond acceptors (Lipinski definition) is 4. The Bertz CT molecular complexity index is 727. The van der Waals surface area contributed by atoms with Gasteiger partial charge in [-0.05, 0) is 49.8 Å². The second-order valence-electron chi connectivity index (χ2n) is 6.76. The van der Waals surface area contributed by atoms with E-state index >= 15 is 0 Å². The van der Waals surface area contributed by atoms with Crippen molar-refractivity contribution in [1.29, 1.82) is 0 Å². The van der Waals surface area contributed by atoms with Crippen molar-refractivity contribution in [3.8, 4) is 5.75 Å². The fourth-order valence-corrected chi connectivity index (χ4v) is 3.74. The summed E-state index contributed by atoms with van der Waals surface area (Å²) in [4.78, 5) is 36.9. The van der Waals surface area contributed by atoms with E-state index in [-0.39, 0.29) is 0 Å². The number of nitrogens with zero attached hydrogens (tertiary/aromatic N) is 1. The van der Waals surface area contributed by atoms with Crippen LogP contribution < -0.4 is 15.5 Å². The van der Waals surface area contributed by atoms with Crippen molar-refractivity contribution >= 4 is 41.0 Å². The van der Waals surface area contributed by atoms with Crippen molar-refractivity contribution in [1.82, 2.24) is 15.8 Å². The van der Waals surface area contributed by atoms with Crippen LogP contribution in [0.5, 0.6) is 5.75 Å². The minimum atomic E-state index is -0.905. The van der Waals surface area contributed by atoms with Crippen LogP contribution in [0.4, 0.5) is 4.79 Å². The molecule has 140 valence electrons. The van der Waals surface area contributed by atoms with Gasteiger partial charge in [0.15, 0.2) is 6.61 Å². The molecule has 1 spiro atoms. The number of carbonyl (C=O) groups is 3. The largest absolute Gasteiger partial charge is 0.484 e. The van der Waals surface area contributed by atoms with Gasteiger partial charge in [-0.1, -0.05) is 30.1 Å². The van der Waals surface area contributed by atoms with E-state index in [1.165, 1.54) is 18.2 Å². The van der Waals surface area contributed by atoms with Gasteiger partial charge in [-0.25, -0.2) is 4.79 Å². The highest BCUT2D eigenvalue weighted by molar-refractivity contribution is 6.34. The predicted molar refractivity (Wildman–Crippen MR) is 95.8 cm³/mol. The molecule has 0 radical (unpaired) electrons. The van der Waals surface area contributed by atoms with E-state index in [1.807, 2.05) is 0 Å². The molecular weight excluding hydrogens is 381 g/mol. The molecule has 0 atom stereocenters. The molecule has 7 nitrogen and oxygen atoms in total. The number of carbonyl (C=O) groups excluding carboxylic acids is 3. The Labute approximate surface area is 160 Å². The Balaban J connectivity index is 1.58. The van der Waals surface area contributed by atoms with Gasteiger partial charge in [0.2, 0.25) is 0 Å². The second kappa shape index (κ2) is 7.32. The number of hydrazine groups is 1. The lowest BCUT2D eigenvalue weighted by Gasteiger charge is -2.33. The summed E-state index contributed by atoms with van der Waals surface area (Å²) in [6, 6.07) is 3.93. The van der Waals surface area contributed by atoms with Gasteiger partial charge in [0.25, 0.3) is 11.8 Å². The average Bonchev–Trinajstić information content (AvgIpc) is 2.79. The van der Waals surface area contributed by atoms with Crippen LogP contribution in [0.3, 0.4) is 0 Å². The number of rotatable bonds is 4. The van der Waals surface area contributed by atoms with Crippen LogP contribution in [0.25, 0.3) is 0 Å². The molecule has 1 saturated carbocycles. The lowest BCUT2D eigenvalue weighted by molar-refractivity contribution is -0.140. The molecule has 2 fully saturated rings. The Morgan fingerprint density at radius 1 is 1.27 bits per heavy atom. The first-order chi connectivity index (χ1) is 12.3. The Kier molecular flexibility index (Phi) is 5.29. The van der Waals surface area contributed by atoms with Crippen LogP contribution in [0.15, 0.2) is 18.2 Å². The van der Waals surface area contributed by atoms with E-state index in [1.54, 1.807) is 0 Å². The molecule has 26 heavy (non-hydrogen) atoms. The van der Waals surface area contributed by atoms with Gasteiger partial charge in [-0.15, -0.1) is 0 Å². The number of urea groups is 1.